The molecule has 0 bridgehead atoms. The Morgan fingerprint density at radius 1 is 1.15 bits per heavy atom. The Bertz CT molecular complexity index is 1170. The number of nitriles is 1. The molecule has 2 atom stereocenters. The van der Waals surface area contributed by atoms with Crippen molar-refractivity contribution in [3.05, 3.63) is 64.2 Å². The van der Waals surface area contributed by atoms with Gasteiger partial charge < -0.3 is 20.3 Å². The SMILES string of the molecule is CCc1ccc(C(C(=O)Nc2c(C)cccc2Cl)N(CC#N)C(=O)C(CCSC)NC(=O)OC(C)(C)C)cc1. The Morgan fingerprint density at radius 3 is 2.36 bits per heavy atom. The Balaban J connectivity index is 2.54. The minimum absolute atomic E-state index is 0.286. The second kappa shape index (κ2) is 14.8. The number of ether oxygens (including phenoxy) is 1. The topological polar surface area (TPSA) is 112 Å². The quantitative estimate of drug-likeness (QED) is 0.325. The molecule has 0 aliphatic carbocycles. The van der Waals surface area contributed by atoms with E-state index in [4.69, 9.17) is 16.3 Å². The van der Waals surface area contributed by atoms with Crippen LogP contribution in [0.5, 0.6) is 0 Å². The Labute approximate surface area is 240 Å². The van der Waals surface area contributed by atoms with Crippen molar-refractivity contribution in [2.24, 2.45) is 0 Å². The molecule has 3 amide bonds. The fourth-order valence-electron chi connectivity index (χ4n) is 3.91. The van der Waals surface area contributed by atoms with Gasteiger partial charge in [-0.05, 0) is 75.3 Å². The predicted molar refractivity (Wildman–Crippen MR) is 157 cm³/mol. The number of halogens is 1. The Morgan fingerprint density at radius 2 is 1.82 bits per heavy atom. The van der Waals surface area contributed by atoms with Gasteiger partial charge in [-0.15, -0.1) is 0 Å². The summed E-state index contributed by atoms with van der Waals surface area (Å²) in [4.78, 5) is 41.6. The summed E-state index contributed by atoms with van der Waals surface area (Å²) < 4.78 is 5.37. The number of carbonyl (C=O) groups excluding carboxylic acids is 3. The van der Waals surface area contributed by atoms with Gasteiger partial charge >= 0.3 is 6.09 Å². The van der Waals surface area contributed by atoms with Crippen LogP contribution < -0.4 is 10.6 Å². The van der Waals surface area contributed by atoms with Gasteiger partial charge in [0.2, 0.25) is 5.91 Å². The molecule has 0 aliphatic heterocycles. The molecule has 2 unspecified atom stereocenters. The highest BCUT2D eigenvalue weighted by Crippen LogP contribution is 2.29. The van der Waals surface area contributed by atoms with E-state index in [-0.39, 0.29) is 13.0 Å². The maximum atomic E-state index is 14.0. The van der Waals surface area contributed by atoms with E-state index in [0.717, 1.165) is 17.5 Å². The van der Waals surface area contributed by atoms with Crippen LogP contribution in [0, 0.1) is 18.3 Å². The molecule has 0 aliphatic rings. The number of para-hydroxylation sites is 1. The van der Waals surface area contributed by atoms with Crippen molar-refractivity contribution in [1.29, 1.82) is 5.26 Å². The van der Waals surface area contributed by atoms with Crippen LogP contribution in [-0.2, 0) is 20.7 Å². The fraction of sp³-hybridized carbons (Fsp3) is 0.448. The van der Waals surface area contributed by atoms with Crippen LogP contribution in [-0.4, -0.2) is 53.0 Å². The summed E-state index contributed by atoms with van der Waals surface area (Å²) in [6, 6.07) is 12.4. The predicted octanol–water partition coefficient (Wildman–Crippen LogP) is 5.89. The van der Waals surface area contributed by atoms with Gasteiger partial charge in [-0.1, -0.05) is 54.9 Å². The van der Waals surface area contributed by atoms with Gasteiger partial charge in [0.25, 0.3) is 5.91 Å². The van der Waals surface area contributed by atoms with Crippen LogP contribution in [0.2, 0.25) is 5.02 Å². The molecule has 0 saturated carbocycles. The molecule has 0 heterocycles. The second-order valence-corrected chi connectivity index (χ2v) is 11.4. The van der Waals surface area contributed by atoms with E-state index in [2.05, 4.69) is 10.6 Å². The number of carbonyl (C=O) groups is 3. The van der Waals surface area contributed by atoms with Crippen LogP contribution >= 0.6 is 23.4 Å². The van der Waals surface area contributed by atoms with Crippen LogP contribution in [0.15, 0.2) is 42.5 Å². The molecule has 0 fully saturated rings. The number of thioether (sulfide) groups is 1. The average molecular weight is 573 g/mol. The Kier molecular flexibility index (Phi) is 12.1. The van der Waals surface area contributed by atoms with Gasteiger partial charge in [0.15, 0.2) is 0 Å². The number of aryl methyl sites for hydroxylation is 2. The molecule has 2 N–H and O–H groups in total. The molecule has 39 heavy (non-hydrogen) atoms. The van der Waals surface area contributed by atoms with Crippen molar-refractivity contribution in [1.82, 2.24) is 10.2 Å². The third kappa shape index (κ3) is 9.48. The number of benzene rings is 2. The average Bonchev–Trinajstić information content (AvgIpc) is 2.87. The minimum Gasteiger partial charge on any atom is -0.444 e. The number of nitrogens with one attached hydrogen (secondary N) is 2. The molecular weight excluding hydrogens is 536 g/mol. The lowest BCUT2D eigenvalue weighted by Gasteiger charge is -2.33. The summed E-state index contributed by atoms with van der Waals surface area (Å²) in [5.74, 6) is -0.528. The second-order valence-electron chi connectivity index (χ2n) is 10.0. The lowest BCUT2D eigenvalue weighted by atomic mass is 10.00. The first-order valence-corrected chi connectivity index (χ1v) is 14.5. The van der Waals surface area contributed by atoms with Crippen LogP contribution in [0.25, 0.3) is 0 Å². The number of rotatable bonds is 11. The monoisotopic (exact) mass is 572 g/mol. The van der Waals surface area contributed by atoms with E-state index in [1.165, 1.54) is 16.7 Å². The normalized spacial score (nSPS) is 12.6. The zero-order valence-electron chi connectivity index (χ0n) is 23.3. The number of anilines is 1. The lowest BCUT2D eigenvalue weighted by Crippen LogP contribution is -2.52. The zero-order chi connectivity index (χ0) is 29.2. The van der Waals surface area contributed by atoms with Crippen LogP contribution in [0.4, 0.5) is 10.5 Å². The molecule has 2 aromatic carbocycles. The summed E-state index contributed by atoms with van der Waals surface area (Å²) in [5, 5.41) is 15.6. The molecule has 2 rings (SSSR count). The van der Waals surface area contributed by atoms with Crippen molar-refractivity contribution < 1.29 is 19.1 Å². The van der Waals surface area contributed by atoms with E-state index in [1.54, 1.807) is 45.0 Å². The van der Waals surface area contributed by atoms with Crippen molar-refractivity contribution in [2.75, 3.05) is 23.9 Å². The molecule has 210 valence electrons. The van der Waals surface area contributed by atoms with Crippen LogP contribution in [0.3, 0.4) is 0 Å². The molecule has 0 aromatic heterocycles. The first-order valence-electron chi connectivity index (χ1n) is 12.7. The number of alkyl carbamates (subject to hydrolysis) is 1. The maximum absolute atomic E-state index is 14.0. The first-order chi connectivity index (χ1) is 18.4. The maximum Gasteiger partial charge on any atom is 0.408 e. The van der Waals surface area contributed by atoms with Crippen LogP contribution in [0.1, 0.15) is 56.8 Å². The summed E-state index contributed by atoms with van der Waals surface area (Å²) in [5.41, 5.74) is 1.99. The molecule has 0 spiro atoms. The minimum atomic E-state index is -1.16. The first kappa shape index (κ1) is 32.0. The van der Waals surface area contributed by atoms with Gasteiger partial charge in [-0.3, -0.25) is 9.59 Å². The molecule has 2 aromatic rings. The molecule has 10 heteroatoms. The van der Waals surface area contributed by atoms with Gasteiger partial charge in [0.1, 0.15) is 24.2 Å². The largest absolute Gasteiger partial charge is 0.444 e. The smallest absolute Gasteiger partial charge is 0.408 e. The molecule has 8 nitrogen and oxygen atoms in total. The van der Waals surface area contributed by atoms with E-state index in [0.29, 0.717) is 22.0 Å². The zero-order valence-corrected chi connectivity index (χ0v) is 24.9. The highest BCUT2D eigenvalue weighted by molar-refractivity contribution is 7.98. The van der Waals surface area contributed by atoms with Crippen molar-refractivity contribution in [2.45, 2.75) is 65.1 Å². The fourth-order valence-corrected chi connectivity index (χ4v) is 4.65. The van der Waals surface area contributed by atoms with Gasteiger partial charge in [0, 0.05) is 0 Å². The van der Waals surface area contributed by atoms with Crippen molar-refractivity contribution in [3.63, 3.8) is 0 Å². The highest BCUT2D eigenvalue weighted by Gasteiger charge is 2.36. The van der Waals surface area contributed by atoms with E-state index < -0.39 is 35.6 Å². The van der Waals surface area contributed by atoms with Gasteiger partial charge in [-0.2, -0.15) is 17.0 Å². The highest BCUT2D eigenvalue weighted by atomic mass is 35.5. The number of hydrogen-bond donors (Lipinski definition) is 2. The van der Waals surface area contributed by atoms with Gasteiger partial charge in [-0.25, -0.2) is 4.79 Å². The molecule has 0 saturated heterocycles. The standard InChI is InChI=1S/C29H37ClN4O4S/c1-7-20-11-13-21(14-12-20)25(26(35)33-24-19(2)9-8-10-22(24)30)34(17-16-31)27(36)23(15-18-39-6)32-28(37)38-29(3,4)5/h8-14,23,25H,7,15,17-18H2,1-6H3,(H,32,37)(H,33,35). The summed E-state index contributed by atoms with van der Waals surface area (Å²) in [6.45, 7) is 8.64. The lowest BCUT2D eigenvalue weighted by molar-refractivity contribution is -0.140. The number of hydrogen-bond acceptors (Lipinski definition) is 6. The van der Waals surface area contributed by atoms with E-state index in [1.807, 2.05) is 44.4 Å². The third-order valence-corrected chi connectivity index (χ3v) is 6.82. The van der Waals surface area contributed by atoms with Crippen molar-refractivity contribution >= 4 is 47.0 Å². The van der Waals surface area contributed by atoms with Crippen molar-refractivity contribution in [3.8, 4) is 6.07 Å². The van der Waals surface area contributed by atoms with Gasteiger partial charge in [0.05, 0.1) is 16.8 Å². The molecular formula is C29H37ClN4O4S. The third-order valence-electron chi connectivity index (χ3n) is 5.86. The Hall–Kier alpha value is -3.22. The number of nitrogens with zero attached hydrogens (tertiary/aromatic N) is 2. The summed E-state index contributed by atoms with van der Waals surface area (Å²) in [7, 11) is 0. The van der Waals surface area contributed by atoms with E-state index >= 15 is 0 Å². The van der Waals surface area contributed by atoms with E-state index in [9.17, 15) is 19.6 Å². The number of amides is 3. The molecule has 0 radical (unpaired) electrons. The summed E-state index contributed by atoms with van der Waals surface area (Å²) in [6.07, 6.45) is 2.22. The summed E-state index contributed by atoms with van der Waals surface area (Å²) >= 11 is 7.88.